The molecular formula is C25H34F2N4O2. The Morgan fingerprint density at radius 1 is 1.12 bits per heavy atom. The summed E-state index contributed by atoms with van der Waals surface area (Å²) in [6, 6.07) is 8.84. The molecule has 0 heterocycles. The number of carbonyl (C=O) groups excluding carboxylic acids is 1. The minimum Gasteiger partial charge on any atom is -0.391 e. The monoisotopic (exact) mass is 460 g/mol. The first-order chi connectivity index (χ1) is 15.4. The molecule has 0 aromatic heterocycles. The fraction of sp³-hybridized carbons (Fsp3) is 0.440. The number of nitrogens with two attached hydrogens (primary N) is 1. The summed E-state index contributed by atoms with van der Waals surface area (Å²) in [5.41, 5.74) is 8.65. The second-order valence-corrected chi connectivity index (χ2v) is 9.54. The maximum absolute atomic E-state index is 13.5. The van der Waals surface area contributed by atoms with Crippen molar-refractivity contribution in [3.8, 4) is 0 Å². The highest BCUT2D eigenvalue weighted by Crippen LogP contribution is 2.23. The van der Waals surface area contributed by atoms with Crippen molar-refractivity contribution in [3.05, 3.63) is 70.3 Å². The molecule has 2 atom stereocenters. The zero-order chi connectivity index (χ0) is 24.8. The topological polar surface area (TPSA) is 111 Å². The van der Waals surface area contributed by atoms with Crippen molar-refractivity contribution in [2.45, 2.75) is 46.3 Å². The van der Waals surface area contributed by atoms with Crippen LogP contribution in [0.25, 0.3) is 0 Å². The lowest BCUT2D eigenvalue weighted by Gasteiger charge is -2.23. The molecule has 2 unspecified atom stereocenters. The number of amidine groups is 1. The Hall–Kier alpha value is -2.84. The molecule has 0 radical (unpaired) electrons. The quantitative estimate of drug-likeness (QED) is 0.277. The van der Waals surface area contributed by atoms with Gasteiger partial charge in [-0.05, 0) is 47.1 Å². The Morgan fingerprint density at radius 2 is 1.76 bits per heavy atom. The number of amides is 1. The molecule has 2 aromatic carbocycles. The molecule has 8 heteroatoms. The summed E-state index contributed by atoms with van der Waals surface area (Å²) in [6.45, 7) is 6.83. The molecule has 2 aromatic rings. The van der Waals surface area contributed by atoms with Crippen molar-refractivity contribution in [1.29, 1.82) is 5.41 Å². The van der Waals surface area contributed by atoms with E-state index < -0.39 is 29.6 Å². The van der Waals surface area contributed by atoms with Crippen molar-refractivity contribution in [2.24, 2.45) is 17.1 Å². The molecule has 0 saturated carbocycles. The van der Waals surface area contributed by atoms with Crippen LogP contribution in [0.5, 0.6) is 0 Å². The summed E-state index contributed by atoms with van der Waals surface area (Å²) >= 11 is 0. The molecule has 6 N–H and O–H groups in total. The molecule has 0 bridgehead atoms. The Bertz CT molecular complexity index is 969. The average molecular weight is 461 g/mol. The minimum atomic E-state index is -1.10. The number of carbonyl (C=O) groups is 1. The van der Waals surface area contributed by atoms with Gasteiger partial charge in [-0.15, -0.1) is 0 Å². The van der Waals surface area contributed by atoms with Crippen LogP contribution < -0.4 is 16.4 Å². The van der Waals surface area contributed by atoms with Crippen LogP contribution in [0.15, 0.2) is 36.4 Å². The highest BCUT2D eigenvalue weighted by atomic mass is 19.1. The molecular weight excluding hydrogens is 426 g/mol. The predicted octanol–water partition coefficient (Wildman–Crippen LogP) is 2.89. The lowest BCUT2D eigenvalue weighted by atomic mass is 9.87. The van der Waals surface area contributed by atoms with Crippen LogP contribution >= 0.6 is 0 Å². The number of rotatable bonds is 10. The van der Waals surface area contributed by atoms with E-state index in [4.69, 9.17) is 11.1 Å². The number of hydrogen-bond donors (Lipinski definition) is 5. The van der Waals surface area contributed by atoms with Gasteiger partial charge in [-0.2, -0.15) is 0 Å². The summed E-state index contributed by atoms with van der Waals surface area (Å²) < 4.78 is 27.1. The van der Waals surface area contributed by atoms with E-state index in [9.17, 15) is 18.7 Å². The molecule has 0 aliphatic carbocycles. The zero-order valence-electron chi connectivity index (χ0n) is 19.6. The molecule has 0 fully saturated rings. The molecule has 0 spiro atoms. The second-order valence-electron chi connectivity index (χ2n) is 9.54. The van der Waals surface area contributed by atoms with Gasteiger partial charge in [-0.25, -0.2) is 8.78 Å². The third-order valence-electron chi connectivity index (χ3n) is 5.29. The molecule has 33 heavy (non-hydrogen) atoms. The van der Waals surface area contributed by atoms with Crippen LogP contribution in [0.1, 0.15) is 43.0 Å². The van der Waals surface area contributed by atoms with Crippen LogP contribution in [0.4, 0.5) is 8.78 Å². The van der Waals surface area contributed by atoms with Gasteiger partial charge in [0.15, 0.2) is 0 Å². The summed E-state index contributed by atoms with van der Waals surface area (Å²) in [5.74, 6) is -2.85. The van der Waals surface area contributed by atoms with Crippen LogP contribution in [0, 0.1) is 28.4 Å². The van der Waals surface area contributed by atoms with Crippen LogP contribution in [0.2, 0.25) is 0 Å². The second kappa shape index (κ2) is 11.3. The number of hydrogen-bond acceptors (Lipinski definition) is 4. The van der Waals surface area contributed by atoms with Gasteiger partial charge in [-0.1, -0.05) is 39.0 Å². The van der Waals surface area contributed by atoms with Gasteiger partial charge in [0.2, 0.25) is 5.91 Å². The van der Waals surface area contributed by atoms with Gasteiger partial charge in [0, 0.05) is 31.8 Å². The van der Waals surface area contributed by atoms with E-state index in [0.29, 0.717) is 12.1 Å². The Kier molecular flexibility index (Phi) is 9.07. The van der Waals surface area contributed by atoms with Gasteiger partial charge in [0.05, 0.1) is 12.0 Å². The van der Waals surface area contributed by atoms with E-state index in [-0.39, 0.29) is 29.8 Å². The van der Waals surface area contributed by atoms with Gasteiger partial charge >= 0.3 is 0 Å². The minimum absolute atomic E-state index is 0.0169. The third-order valence-corrected chi connectivity index (χ3v) is 5.29. The Labute approximate surface area is 194 Å². The highest BCUT2D eigenvalue weighted by Gasteiger charge is 2.26. The molecule has 0 aliphatic rings. The Balaban J connectivity index is 2.12. The standard InChI is InChI=1S/C25H34F2N4O2/c1-25(2,3)12-15-5-6-20(23(28)29)17(7-15)13-31-14-22(32)21(24(33)30-4)10-16-8-18(26)11-19(27)9-16/h5-9,11,21-22,31-32H,10,12-14H2,1-4H3,(H3,28,29)(H,30,33). The molecule has 1 amide bonds. The largest absolute Gasteiger partial charge is 0.391 e. The maximum Gasteiger partial charge on any atom is 0.225 e. The fourth-order valence-electron chi connectivity index (χ4n) is 3.85. The number of aliphatic hydroxyl groups excluding tert-OH is 1. The zero-order valence-corrected chi connectivity index (χ0v) is 19.6. The first-order valence-corrected chi connectivity index (χ1v) is 10.9. The Morgan fingerprint density at radius 3 is 2.30 bits per heavy atom. The van der Waals surface area contributed by atoms with Gasteiger partial charge in [-0.3, -0.25) is 10.2 Å². The van der Waals surface area contributed by atoms with E-state index in [1.807, 2.05) is 18.2 Å². The van der Waals surface area contributed by atoms with Crippen molar-refractivity contribution >= 4 is 11.7 Å². The molecule has 6 nitrogen and oxygen atoms in total. The van der Waals surface area contributed by atoms with E-state index in [2.05, 4.69) is 31.4 Å². The third kappa shape index (κ3) is 8.22. The first-order valence-electron chi connectivity index (χ1n) is 10.9. The number of nitrogen functional groups attached to an aromatic ring is 1. The van der Waals surface area contributed by atoms with Crippen LogP contribution in [-0.4, -0.2) is 36.5 Å². The van der Waals surface area contributed by atoms with Crippen LogP contribution in [-0.2, 0) is 24.2 Å². The van der Waals surface area contributed by atoms with Crippen molar-refractivity contribution in [3.63, 3.8) is 0 Å². The summed E-state index contributed by atoms with van der Waals surface area (Å²) in [4.78, 5) is 12.4. The number of nitrogens with one attached hydrogen (secondary N) is 3. The van der Waals surface area contributed by atoms with E-state index >= 15 is 0 Å². The highest BCUT2D eigenvalue weighted by molar-refractivity contribution is 5.96. The maximum atomic E-state index is 13.5. The average Bonchev–Trinajstić information content (AvgIpc) is 2.69. The first kappa shape index (κ1) is 26.4. The predicted molar refractivity (Wildman–Crippen MR) is 126 cm³/mol. The summed E-state index contributed by atoms with van der Waals surface area (Å²) in [6.07, 6.45) is -0.268. The van der Waals surface area contributed by atoms with Crippen molar-refractivity contribution in [2.75, 3.05) is 13.6 Å². The molecule has 0 aliphatic heterocycles. The van der Waals surface area contributed by atoms with E-state index in [0.717, 1.165) is 35.7 Å². The summed E-state index contributed by atoms with van der Waals surface area (Å²) in [7, 11) is 1.45. The lowest BCUT2D eigenvalue weighted by Crippen LogP contribution is -2.42. The van der Waals surface area contributed by atoms with E-state index in [1.54, 1.807) is 0 Å². The SMILES string of the molecule is CNC(=O)C(Cc1cc(F)cc(F)c1)C(O)CNCc1cc(CC(C)(C)C)ccc1C(=N)N. The van der Waals surface area contributed by atoms with Gasteiger partial charge in [0.25, 0.3) is 0 Å². The molecule has 2 rings (SSSR count). The number of aliphatic hydroxyl groups is 1. The fourth-order valence-corrected chi connectivity index (χ4v) is 3.85. The smallest absolute Gasteiger partial charge is 0.225 e. The van der Waals surface area contributed by atoms with Crippen molar-refractivity contribution in [1.82, 2.24) is 10.6 Å². The van der Waals surface area contributed by atoms with E-state index in [1.165, 1.54) is 7.05 Å². The number of halogens is 2. The van der Waals surface area contributed by atoms with Gasteiger partial charge in [0.1, 0.15) is 17.5 Å². The lowest BCUT2D eigenvalue weighted by molar-refractivity contribution is -0.127. The van der Waals surface area contributed by atoms with Gasteiger partial charge < -0.3 is 21.5 Å². The van der Waals surface area contributed by atoms with Crippen molar-refractivity contribution < 1.29 is 18.7 Å². The molecule has 0 saturated heterocycles. The molecule has 180 valence electrons. The summed E-state index contributed by atoms with van der Waals surface area (Å²) in [5, 5.41) is 24.2. The van der Waals surface area contributed by atoms with Crippen LogP contribution in [0.3, 0.4) is 0 Å². The number of benzene rings is 2. The normalized spacial score (nSPS) is 13.4.